The molecule has 4 heteroatoms. The van der Waals surface area contributed by atoms with Crippen LogP contribution < -0.4 is 5.32 Å². The molecule has 2 aliphatic rings. The van der Waals surface area contributed by atoms with E-state index in [-0.39, 0.29) is 11.4 Å². The van der Waals surface area contributed by atoms with E-state index in [4.69, 9.17) is 5.26 Å². The minimum Gasteiger partial charge on any atom is -0.308 e. The zero-order valence-electron chi connectivity index (χ0n) is 11.6. The molecular formula is C16H20FN3. The van der Waals surface area contributed by atoms with Crippen molar-refractivity contribution < 1.29 is 4.39 Å². The van der Waals surface area contributed by atoms with Gasteiger partial charge in [0.1, 0.15) is 11.9 Å². The summed E-state index contributed by atoms with van der Waals surface area (Å²) in [7, 11) is 0. The van der Waals surface area contributed by atoms with Gasteiger partial charge in [0.15, 0.2) is 0 Å². The predicted octanol–water partition coefficient (Wildman–Crippen LogP) is 2.41. The lowest BCUT2D eigenvalue weighted by atomic mass is 9.99. The molecular weight excluding hydrogens is 253 g/mol. The molecule has 20 heavy (non-hydrogen) atoms. The normalized spacial score (nSPS) is 26.2. The van der Waals surface area contributed by atoms with Crippen LogP contribution in [0.15, 0.2) is 18.2 Å². The fraction of sp³-hybridized carbons (Fsp3) is 0.562. The Morgan fingerprint density at radius 2 is 2.20 bits per heavy atom. The first kappa shape index (κ1) is 13.5. The summed E-state index contributed by atoms with van der Waals surface area (Å²) in [5.74, 6) is -0.374. The quantitative estimate of drug-likeness (QED) is 0.919. The van der Waals surface area contributed by atoms with Crippen LogP contribution in [0.25, 0.3) is 0 Å². The number of benzene rings is 1. The molecule has 1 aromatic rings. The van der Waals surface area contributed by atoms with E-state index < -0.39 is 0 Å². The van der Waals surface area contributed by atoms with Crippen molar-refractivity contribution in [1.82, 2.24) is 10.2 Å². The van der Waals surface area contributed by atoms with Crippen molar-refractivity contribution in [3.63, 3.8) is 0 Å². The number of hydrogen-bond acceptors (Lipinski definition) is 3. The Morgan fingerprint density at radius 3 is 3.05 bits per heavy atom. The van der Waals surface area contributed by atoms with Gasteiger partial charge in [-0.25, -0.2) is 4.39 Å². The third-order valence-electron chi connectivity index (χ3n) is 4.61. The topological polar surface area (TPSA) is 39.1 Å². The first-order chi connectivity index (χ1) is 9.79. The minimum absolute atomic E-state index is 0.134. The van der Waals surface area contributed by atoms with Gasteiger partial charge in [0, 0.05) is 30.7 Å². The highest BCUT2D eigenvalue weighted by Crippen LogP contribution is 2.27. The number of nitrogens with zero attached hydrogens (tertiary/aromatic N) is 2. The Labute approximate surface area is 119 Å². The summed E-state index contributed by atoms with van der Waals surface area (Å²) in [6, 6.07) is 8.01. The lowest BCUT2D eigenvalue weighted by molar-refractivity contribution is 0.180. The second-order valence-corrected chi connectivity index (χ2v) is 5.77. The zero-order valence-corrected chi connectivity index (χ0v) is 11.6. The van der Waals surface area contributed by atoms with Gasteiger partial charge in [-0.15, -0.1) is 0 Å². The second-order valence-electron chi connectivity index (χ2n) is 5.77. The van der Waals surface area contributed by atoms with Crippen molar-refractivity contribution in [2.24, 2.45) is 0 Å². The lowest BCUT2D eigenvalue weighted by Crippen LogP contribution is -2.44. The molecule has 3 rings (SSSR count). The van der Waals surface area contributed by atoms with E-state index >= 15 is 0 Å². The van der Waals surface area contributed by atoms with Gasteiger partial charge in [-0.1, -0.05) is 18.6 Å². The predicted molar refractivity (Wildman–Crippen MR) is 75.6 cm³/mol. The molecule has 0 aliphatic carbocycles. The third kappa shape index (κ3) is 2.56. The summed E-state index contributed by atoms with van der Waals surface area (Å²) >= 11 is 0. The highest BCUT2D eigenvalue weighted by atomic mass is 19.1. The van der Waals surface area contributed by atoms with Crippen LogP contribution in [-0.2, 0) is 6.54 Å². The van der Waals surface area contributed by atoms with Crippen LogP contribution >= 0.6 is 0 Å². The summed E-state index contributed by atoms with van der Waals surface area (Å²) in [5, 5.41) is 12.4. The van der Waals surface area contributed by atoms with Crippen molar-refractivity contribution >= 4 is 0 Å². The molecule has 1 aromatic carbocycles. The molecule has 0 amide bonds. The van der Waals surface area contributed by atoms with Gasteiger partial charge in [0.25, 0.3) is 0 Å². The van der Waals surface area contributed by atoms with Crippen molar-refractivity contribution in [3.8, 4) is 6.07 Å². The fourth-order valence-corrected chi connectivity index (χ4v) is 3.53. The van der Waals surface area contributed by atoms with E-state index in [1.54, 1.807) is 12.1 Å². The molecule has 0 spiro atoms. The summed E-state index contributed by atoms with van der Waals surface area (Å²) in [5.41, 5.74) is 0.730. The molecule has 1 N–H and O–H groups in total. The highest BCUT2D eigenvalue weighted by molar-refractivity contribution is 5.34. The number of nitriles is 1. The first-order valence-corrected chi connectivity index (χ1v) is 7.44. The Hall–Kier alpha value is -1.44. The summed E-state index contributed by atoms with van der Waals surface area (Å²) in [6.45, 7) is 2.88. The summed E-state index contributed by atoms with van der Waals surface area (Å²) in [4.78, 5) is 2.56. The summed E-state index contributed by atoms with van der Waals surface area (Å²) in [6.07, 6.45) is 5.00. The molecule has 2 aliphatic heterocycles. The Balaban J connectivity index is 1.64. The lowest BCUT2D eigenvalue weighted by Gasteiger charge is -2.32. The molecule has 2 unspecified atom stereocenters. The largest absolute Gasteiger partial charge is 0.308 e. The average Bonchev–Trinajstić information content (AvgIpc) is 2.89. The minimum atomic E-state index is -0.374. The maximum absolute atomic E-state index is 14.0. The molecule has 3 nitrogen and oxygen atoms in total. The smallest absolute Gasteiger partial charge is 0.145 e. The van der Waals surface area contributed by atoms with Crippen LogP contribution in [0, 0.1) is 17.1 Å². The van der Waals surface area contributed by atoms with E-state index in [1.165, 1.54) is 31.9 Å². The second kappa shape index (κ2) is 5.90. The van der Waals surface area contributed by atoms with Crippen LogP contribution in [0.1, 0.15) is 36.8 Å². The van der Waals surface area contributed by atoms with Gasteiger partial charge < -0.3 is 5.32 Å². The zero-order chi connectivity index (χ0) is 13.9. The molecule has 0 saturated carbocycles. The standard InChI is InChI=1S/C16H20FN3/c17-16-12(10-18)4-3-5-13(16)11-19-14-7-9-20-8-2-1-6-15(14)20/h3-5,14-15,19H,1-2,6-9,11H2. The molecule has 0 aromatic heterocycles. The first-order valence-electron chi connectivity index (χ1n) is 7.44. The van der Waals surface area contributed by atoms with Crippen LogP contribution in [-0.4, -0.2) is 30.1 Å². The van der Waals surface area contributed by atoms with Crippen LogP contribution in [0.4, 0.5) is 4.39 Å². The monoisotopic (exact) mass is 273 g/mol. The van der Waals surface area contributed by atoms with E-state index in [2.05, 4.69) is 10.2 Å². The van der Waals surface area contributed by atoms with Gasteiger partial charge >= 0.3 is 0 Å². The molecule has 0 radical (unpaired) electrons. The maximum atomic E-state index is 14.0. The van der Waals surface area contributed by atoms with Gasteiger partial charge in [-0.3, -0.25) is 4.90 Å². The van der Waals surface area contributed by atoms with Gasteiger partial charge in [-0.05, 0) is 31.9 Å². The maximum Gasteiger partial charge on any atom is 0.145 e. The van der Waals surface area contributed by atoms with Gasteiger partial charge in [0.2, 0.25) is 0 Å². The van der Waals surface area contributed by atoms with E-state index in [1.807, 2.05) is 6.07 Å². The number of piperidine rings is 1. The molecule has 2 heterocycles. The number of halogens is 1. The fourth-order valence-electron chi connectivity index (χ4n) is 3.53. The number of fused-ring (bicyclic) bond motifs is 1. The van der Waals surface area contributed by atoms with Crippen LogP contribution in [0.5, 0.6) is 0 Å². The Bertz CT molecular complexity index is 523. The average molecular weight is 273 g/mol. The van der Waals surface area contributed by atoms with Crippen molar-refractivity contribution in [3.05, 3.63) is 35.1 Å². The number of nitrogens with one attached hydrogen (secondary N) is 1. The summed E-state index contributed by atoms with van der Waals surface area (Å²) < 4.78 is 14.0. The van der Waals surface area contributed by atoms with Crippen molar-refractivity contribution in [2.45, 2.75) is 44.3 Å². The van der Waals surface area contributed by atoms with Crippen molar-refractivity contribution in [1.29, 1.82) is 5.26 Å². The van der Waals surface area contributed by atoms with E-state index in [0.717, 1.165) is 13.0 Å². The molecule has 2 atom stereocenters. The van der Waals surface area contributed by atoms with Crippen molar-refractivity contribution in [2.75, 3.05) is 13.1 Å². The van der Waals surface area contributed by atoms with E-state index in [0.29, 0.717) is 24.2 Å². The Kier molecular flexibility index (Phi) is 4.00. The molecule has 0 bridgehead atoms. The number of rotatable bonds is 3. The molecule has 2 saturated heterocycles. The Morgan fingerprint density at radius 1 is 1.30 bits per heavy atom. The molecule has 106 valence electrons. The third-order valence-corrected chi connectivity index (χ3v) is 4.61. The number of hydrogen-bond donors (Lipinski definition) is 1. The van der Waals surface area contributed by atoms with E-state index in [9.17, 15) is 4.39 Å². The van der Waals surface area contributed by atoms with Gasteiger partial charge in [0.05, 0.1) is 5.56 Å². The van der Waals surface area contributed by atoms with Crippen LogP contribution in [0.2, 0.25) is 0 Å². The van der Waals surface area contributed by atoms with Gasteiger partial charge in [-0.2, -0.15) is 5.26 Å². The highest BCUT2D eigenvalue weighted by Gasteiger charge is 2.34. The van der Waals surface area contributed by atoms with Crippen LogP contribution in [0.3, 0.4) is 0 Å². The SMILES string of the molecule is N#Cc1cccc(CNC2CCN3CCCCC23)c1F. The molecule has 2 fully saturated rings.